The molecule has 0 aliphatic carbocycles. The second-order valence-electron chi connectivity index (χ2n) is 6.88. The Bertz CT molecular complexity index is 1050. The van der Waals surface area contributed by atoms with Gasteiger partial charge in [0.15, 0.2) is 5.11 Å². The minimum Gasteiger partial charge on any atom is -0.457 e. The molecule has 3 rings (SSSR count). The number of hydrogen-bond donors (Lipinski definition) is 2. The molecule has 6 nitrogen and oxygen atoms in total. The molecular formula is C22H20ClN3O3S. The zero-order valence-corrected chi connectivity index (χ0v) is 18.0. The van der Waals surface area contributed by atoms with E-state index in [-0.39, 0.29) is 5.69 Å². The van der Waals surface area contributed by atoms with Crippen LogP contribution in [0.1, 0.15) is 25.3 Å². The number of ether oxygens (including phenoxy) is 1. The van der Waals surface area contributed by atoms with Gasteiger partial charge in [0, 0.05) is 22.8 Å². The Morgan fingerprint density at radius 2 is 1.60 bits per heavy atom. The first-order valence-corrected chi connectivity index (χ1v) is 9.99. The summed E-state index contributed by atoms with van der Waals surface area (Å²) in [5.74, 6) is 1.25. The van der Waals surface area contributed by atoms with Gasteiger partial charge in [-0.3, -0.25) is 10.1 Å². The quantitative estimate of drug-likeness (QED) is 0.244. The third kappa shape index (κ3) is 5.92. The van der Waals surface area contributed by atoms with Crippen LogP contribution in [0.3, 0.4) is 0 Å². The van der Waals surface area contributed by atoms with Crippen molar-refractivity contribution in [2.75, 3.05) is 10.6 Å². The van der Waals surface area contributed by atoms with Gasteiger partial charge in [0.1, 0.15) is 11.5 Å². The number of nitro groups is 1. The van der Waals surface area contributed by atoms with E-state index < -0.39 is 4.92 Å². The van der Waals surface area contributed by atoms with Crippen molar-refractivity contribution in [2.45, 2.75) is 19.8 Å². The summed E-state index contributed by atoms with van der Waals surface area (Å²) in [7, 11) is 0. The lowest BCUT2D eigenvalue weighted by Gasteiger charge is -2.13. The molecule has 0 bridgehead atoms. The first kappa shape index (κ1) is 21.5. The molecule has 0 atom stereocenters. The third-order valence-electron chi connectivity index (χ3n) is 4.24. The van der Waals surface area contributed by atoms with Gasteiger partial charge in [-0.2, -0.15) is 0 Å². The van der Waals surface area contributed by atoms with Crippen molar-refractivity contribution in [3.05, 3.63) is 87.4 Å². The summed E-state index contributed by atoms with van der Waals surface area (Å²) in [5.41, 5.74) is 2.36. The number of rotatable bonds is 6. The van der Waals surface area contributed by atoms with Crippen LogP contribution in [0.25, 0.3) is 0 Å². The fourth-order valence-corrected chi connectivity index (χ4v) is 3.07. The zero-order valence-electron chi connectivity index (χ0n) is 16.4. The SMILES string of the molecule is CC(C)c1ccc(NC(=S)Nc2cc(Oc3ccc(Cl)cc3)cc([N+](=O)[O-])c2)cc1. The van der Waals surface area contributed by atoms with Crippen LogP contribution >= 0.6 is 23.8 Å². The van der Waals surface area contributed by atoms with Crippen molar-refractivity contribution in [1.82, 2.24) is 0 Å². The normalized spacial score (nSPS) is 10.5. The summed E-state index contributed by atoms with van der Waals surface area (Å²) in [6.07, 6.45) is 0. The van der Waals surface area contributed by atoms with Crippen molar-refractivity contribution in [1.29, 1.82) is 0 Å². The molecule has 3 aromatic rings. The molecule has 0 aliphatic rings. The molecule has 0 radical (unpaired) electrons. The average molecular weight is 442 g/mol. The number of halogens is 1. The Labute approximate surface area is 185 Å². The van der Waals surface area contributed by atoms with E-state index in [9.17, 15) is 10.1 Å². The van der Waals surface area contributed by atoms with E-state index in [0.29, 0.717) is 33.2 Å². The summed E-state index contributed by atoms with van der Waals surface area (Å²) in [6, 6.07) is 19.0. The van der Waals surface area contributed by atoms with Crippen molar-refractivity contribution < 1.29 is 9.66 Å². The van der Waals surface area contributed by atoms with Crippen LogP contribution < -0.4 is 15.4 Å². The van der Waals surface area contributed by atoms with Gasteiger partial charge in [-0.25, -0.2) is 0 Å². The molecule has 2 N–H and O–H groups in total. The van der Waals surface area contributed by atoms with Crippen LogP contribution in [0, 0.1) is 10.1 Å². The first-order chi connectivity index (χ1) is 14.3. The van der Waals surface area contributed by atoms with E-state index in [1.807, 2.05) is 24.3 Å². The molecule has 0 fully saturated rings. The molecule has 30 heavy (non-hydrogen) atoms. The Morgan fingerprint density at radius 3 is 2.20 bits per heavy atom. The number of anilines is 2. The number of nitro benzene ring substituents is 1. The lowest BCUT2D eigenvalue weighted by atomic mass is 10.0. The zero-order chi connectivity index (χ0) is 21.7. The third-order valence-corrected chi connectivity index (χ3v) is 4.70. The molecule has 0 aliphatic heterocycles. The molecule has 0 unspecified atom stereocenters. The van der Waals surface area contributed by atoms with E-state index in [4.69, 9.17) is 28.6 Å². The fourth-order valence-electron chi connectivity index (χ4n) is 2.70. The van der Waals surface area contributed by atoms with E-state index in [2.05, 4.69) is 24.5 Å². The van der Waals surface area contributed by atoms with Gasteiger partial charge in [-0.05, 0) is 60.1 Å². The van der Waals surface area contributed by atoms with E-state index in [1.54, 1.807) is 30.3 Å². The molecule has 8 heteroatoms. The van der Waals surface area contributed by atoms with Crippen molar-refractivity contribution >= 4 is 46.0 Å². The molecule has 0 amide bonds. The van der Waals surface area contributed by atoms with Crippen LogP contribution in [0.2, 0.25) is 5.02 Å². The molecular weight excluding hydrogens is 422 g/mol. The molecule has 0 saturated carbocycles. The minimum atomic E-state index is -0.485. The van der Waals surface area contributed by atoms with Gasteiger partial charge in [-0.1, -0.05) is 37.6 Å². The Hall–Kier alpha value is -3.16. The van der Waals surface area contributed by atoms with Gasteiger partial charge in [-0.15, -0.1) is 0 Å². The highest BCUT2D eigenvalue weighted by molar-refractivity contribution is 7.80. The van der Waals surface area contributed by atoms with Gasteiger partial charge >= 0.3 is 0 Å². The average Bonchev–Trinajstić information content (AvgIpc) is 2.70. The van der Waals surface area contributed by atoms with Crippen LogP contribution in [0.4, 0.5) is 17.1 Å². The standard InChI is InChI=1S/C22H20ClN3O3S/c1-14(2)15-3-7-17(8-4-15)24-22(30)25-18-11-19(26(27)28)13-21(12-18)29-20-9-5-16(23)6-10-20/h3-14H,1-2H3,(H2,24,25,30). The topological polar surface area (TPSA) is 76.4 Å². The largest absolute Gasteiger partial charge is 0.457 e. The number of benzene rings is 3. The summed E-state index contributed by atoms with van der Waals surface area (Å²) < 4.78 is 5.73. The maximum Gasteiger partial charge on any atom is 0.275 e. The van der Waals surface area contributed by atoms with Crippen LogP contribution in [-0.2, 0) is 0 Å². The van der Waals surface area contributed by atoms with E-state index in [1.165, 1.54) is 17.7 Å². The van der Waals surface area contributed by atoms with Gasteiger partial charge < -0.3 is 15.4 Å². The number of non-ortho nitro benzene ring substituents is 1. The number of nitrogens with one attached hydrogen (secondary N) is 2. The molecule has 0 heterocycles. The number of nitrogens with zero attached hydrogens (tertiary/aromatic N) is 1. The van der Waals surface area contributed by atoms with Gasteiger partial charge in [0.25, 0.3) is 5.69 Å². The summed E-state index contributed by atoms with van der Waals surface area (Å²) in [6.45, 7) is 4.25. The first-order valence-electron chi connectivity index (χ1n) is 9.21. The van der Waals surface area contributed by atoms with E-state index in [0.717, 1.165) is 5.69 Å². The highest BCUT2D eigenvalue weighted by Crippen LogP contribution is 2.30. The Morgan fingerprint density at radius 1 is 0.967 bits per heavy atom. The van der Waals surface area contributed by atoms with Crippen molar-refractivity contribution in [3.8, 4) is 11.5 Å². The predicted octanol–water partition coefficient (Wildman–Crippen LogP) is 6.97. The monoisotopic (exact) mass is 441 g/mol. The molecule has 0 spiro atoms. The smallest absolute Gasteiger partial charge is 0.275 e. The van der Waals surface area contributed by atoms with E-state index >= 15 is 0 Å². The molecule has 0 saturated heterocycles. The van der Waals surface area contributed by atoms with Crippen LogP contribution in [0.5, 0.6) is 11.5 Å². The summed E-state index contributed by atoms with van der Waals surface area (Å²) in [5, 5.41) is 18.3. The van der Waals surface area contributed by atoms with Crippen molar-refractivity contribution in [3.63, 3.8) is 0 Å². The fraction of sp³-hybridized carbons (Fsp3) is 0.136. The maximum atomic E-state index is 11.3. The Kier molecular flexibility index (Phi) is 6.87. The summed E-state index contributed by atoms with van der Waals surface area (Å²) >= 11 is 11.2. The molecule has 154 valence electrons. The molecule has 3 aromatic carbocycles. The highest BCUT2D eigenvalue weighted by atomic mass is 35.5. The number of hydrogen-bond acceptors (Lipinski definition) is 4. The summed E-state index contributed by atoms with van der Waals surface area (Å²) in [4.78, 5) is 10.8. The second kappa shape index (κ2) is 9.56. The van der Waals surface area contributed by atoms with Gasteiger partial charge in [0.2, 0.25) is 0 Å². The Balaban J connectivity index is 1.75. The highest BCUT2D eigenvalue weighted by Gasteiger charge is 2.12. The molecule has 0 aromatic heterocycles. The lowest BCUT2D eigenvalue weighted by molar-refractivity contribution is -0.384. The minimum absolute atomic E-state index is 0.118. The lowest BCUT2D eigenvalue weighted by Crippen LogP contribution is -2.19. The van der Waals surface area contributed by atoms with Crippen molar-refractivity contribution in [2.24, 2.45) is 0 Å². The number of thiocarbonyl (C=S) groups is 1. The van der Waals surface area contributed by atoms with Crippen LogP contribution in [-0.4, -0.2) is 10.0 Å². The van der Waals surface area contributed by atoms with Crippen LogP contribution in [0.15, 0.2) is 66.7 Å². The predicted molar refractivity (Wildman–Crippen MR) is 125 cm³/mol. The maximum absolute atomic E-state index is 11.3. The second-order valence-corrected chi connectivity index (χ2v) is 7.73. The van der Waals surface area contributed by atoms with Gasteiger partial charge in [0.05, 0.1) is 16.7 Å².